The fraction of sp³-hybridized carbons (Fsp3) is 0.444. The van der Waals surface area contributed by atoms with Crippen LogP contribution in [-0.2, 0) is 47.4 Å². The minimum atomic E-state index is 0. The molecule has 0 unspecified atom stereocenters. The standard InChI is InChI=1S/2C9H13.2ClH.Ti/c2*1-3-8-5-6-9(4-2)7-8;;;/h2*5-7H,3-4H2,1-2H3;2*1H;/q2*-1;;;+4/p-2. The summed E-state index contributed by atoms with van der Waals surface area (Å²) in [5.74, 6) is 0. The van der Waals surface area contributed by atoms with Gasteiger partial charge in [0.05, 0.1) is 0 Å². The van der Waals surface area contributed by atoms with Gasteiger partial charge in [0.15, 0.2) is 0 Å². The van der Waals surface area contributed by atoms with Gasteiger partial charge in [-0.3, -0.25) is 0 Å². The van der Waals surface area contributed by atoms with Crippen molar-refractivity contribution in [3.05, 3.63) is 58.7 Å². The van der Waals surface area contributed by atoms with Gasteiger partial charge in [-0.15, -0.1) is 0 Å². The van der Waals surface area contributed by atoms with Crippen molar-refractivity contribution < 1.29 is 46.5 Å². The largest absolute Gasteiger partial charge is 4.00 e. The van der Waals surface area contributed by atoms with Gasteiger partial charge in [-0.25, -0.2) is 12.1 Å². The first kappa shape index (κ1) is 25.9. The van der Waals surface area contributed by atoms with E-state index in [1.54, 1.807) is 0 Å². The van der Waals surface area contributed by atoms with Crippen LogP contribution < -0.4 is 24.8 Å². The average Bonchev–Trinajstić information content (AvgIpc) is 3.07. The molecular formula is C18H26Cl2Ti. The van der Waals surface area contributed by atoms with Crippen LogP contribution in [0, 0.1) is 0 Å². The molecule has 0 saturated carbocycles. The molecule has 0 aliphatic carbocycles. The molecule has 0 nitrogen and oxygen atoms in total. The van der Waals surface area contributed by atoms with Crippen LogP contribution >= 0.6 is 0 Å². The second-order valence-electron chi connectivity index (χ2n) is 4.67. The van der Waals surface area contributed by atoms with Gasteiger partial charge in [0.1, 0.15) is 0 Å². The van der Waals surface area contributed by atoms with E-state index in [2.05, 4.69) is 64.1 Å². The number of halogens is 2. The number of aryl methyl sites for hydroxylation is 4. The van der Waals surface area contributed by atoms with E-state index in [9.17, 15) is 0 Å². The van der Waals surface area contributed by atoms with E-state index in [0.717, 1.165) is 0 Å². The van der Waals surface area contributed by atoms with Gasteiger partial charge in [-0.2, -0.15) is 46.5 Å². The first-order valence-electron chi connectivity index (χ1n) is 7.22. The molecule has 2 aromatic carbocycles. The maximum Gasteiger partial charge on any atom is 4.00 e. The summed E-state index contributed by atoms with van der Waals surface area (Å²) < 4.78 is 0. The third kappa shape index (κ3) is 9.58. The minimum Gasteiger partial charge on any atom is -1.00 e. The molecule has 116 valence electrons. The first-order valence-corrected chi connectivity index (χ1v) is 7.22. The summed E-state index contributed by atoms with van der Waals surface area (Å²) in [5.41, 5.74) is 5.86. The molecular weight excluding hydrogens is 335 g/mol. The van der Waals surface area contributed by atoms with Crippen LogP contribution in [0.3, 0.4) is 0 Å². The van der Waals surface area contributed by atoms with E-state index in [4.69, 9.17) is 0 Å². The molecule has 21 heavy (non-hydrogen) atoms. The Balaban J connectivity index is -0.000000270. The Bertz CT molecular complexity index is 364. The van der Waals surface area contributed by atoms with Crippen LogP contribution in [0.1, 0.15) is 49.9 Å². The third-order valence-electron chi connectivity index (χ3n) is 3.40. The molecule has 0 spiro atoms. The maximum atomic E-state index is 2.28. The Hall–Kier alpha value is -0.00571. The number of rotatable bonds is 4. The molecule has 3 heteroatoms. The monoisotopic (exact) mass is 360 g/mol. The van der Waals surface area contributed by atoms with Crippen molar-refractivity contribution in [3.63, 3.8) is 0 Å². The summed E-state index contributed by atoms with van der Waals surface area (Å²) >= 11 is 0. The summed E-state index contributed by atoms with van der Waals surface area (Å²) in [7, 11) is 0. The molecule has 0 amide bonds. The third-order valence-corrected chi connectivity index (χ3v) is 3.40. The van der Waals surface area contributed by atoms with Gasteiger partial charge in [-0.1, -0.05) is 53.4 Å². The predicted octanol–water partition coefficient (Wildman–Crippen LogP) is -0.934. The zero-order chi connectivity index (χ0) is 13.4. The van der Waals surface area contributed by atoms with E-state index >= 15 is 0 Å². The predicted molar refractivity (Wildman–Crippen MR) is 81.6 cm³/mol. The van der Waals surface area contributed by atoms with E-state index < -0.39 is 0 Å². The molecule has 0 radical (unpaired) electrons. The fourth-order valence-electron chi connectivity index (χ4n) is 1.98. The molecule has 0 aliphatic heterocycles. The van der Waals surface area contributed by atoms with Gasteiger partial charge in [0, 0.05) is 0 Å². The molecule has 0 aromatic heterocycles. The van der Waals surface area contributed by atoms with Gasteiger partial charge < -0.3 is 24.8 Å². The number of hydrogen-bond donors (Lipinski definition) is 0. The van der Waals surface area contributed by atoms with E-state index in [1.165, 1.54) is 47.9 Å². The van der Waals surface area contributed by atoms with Crippen molar-refractivity contribution in [2.75, 3.05) is 0 Å². The second-order valence-corrected chi connectivity index (χ2v) is 4.67. The summed E-state index contributed by atoms with van der Waals surface area (Å²) in [6.07, 6.45) is 4.67. The van der Waals surface area contributed by atoms with Crippen molar-refractivity contribution in [1.82, 2.24) is 0 Å². The zero-order valence-electron chi connectivity index (χ0n) is 13.5. The van der Waals surface area contributed by atoms with E-state index in [0.29, 0.717) is 0 Å². The van der Waals surface area contributed by atoms with E-state index in [1.807, 2.05) is 0 Å². The zero-order valence-corrected chi connectivity index (χ0v) is 16.6. The number of hydrogen-bond acceptors (Lipinski definition) is 0. The quantitative estimate of drug-likeness (QED) is 0.488. The normalized spacial score (nSPS) is 8.57. The molecule has 2 rings (SSSR count). The minimum absolute atomic E-state index is 0. The molecule has 0 heterocycles. The Kier molecular flexibility index (Phi) is 18.4. The second kappa shape index (κ2) is 14.9. The molecule has 0 fully saturated rings. The Labute approximate surface area is 158 Å². The Morgan fingerprint density at radius 1 is 0.714 bits per heavy atom. The fourth-order valence-corrected chi connectivity index (χ4v) is 1.98. The van der Waals surface area contributed by atoms with Crippen LogP contribution in [0.15, 0.2) is 36.4 Å². The van der Waals surface area contributed by atoms with Crippen molar-refractivity contribution in [1.29, 1.82) is 0 Å². The summed E-state index contributed by atoms with van der Waals surface area (Å²) in [6, 6.07) is 13.4. The SMILES string of the molecule is CCc1cc[c-](CC)c1.CCc1cc[c-](CC)c1.[Cl-].[Cl-].[Ti+4]. The first-order chi connectivity index (χ1) is 8.73. The van der Waals surface area contributed by atoms with Gasteiger partial charge >= 0.3 is 21.7 Å². The molecule has 2 aromatic rings. The van der Waals surface area contributed by atoms with Crippen LogP contribution in [0.25, 0.3) is 0 Å². The van der Waals surface area contributed by atoms with Crippen molar-refractivity contribution in [2.45, 2.75) is 53.4 Å². The summed E-state index contributed by atoms with van der Waals surface area (Å²) in [6.45, 7) is 8.76. The van der Waals surface area contributed by atoms with Gasteiger partial charge in [-0.05, 0) is 0 Å². The van der Waals surface area contributed by atoms with Crippen LogP contribution in [-0.4, -0.2) is 0 Å². The maximum absolute atomic E-state index is 2.28. The molecule has 0 aliphatic rings. The summed E-state index contributed by atoms with van der Waals surface area (Å²) in [5, 5.41) is 0. The van der Waals surface area contributed by atoms with E-state index in [-0.39, 0.29) is 46.5 Å². The van der Waals surface area contributed by atoms with Crippen molar-refractivity contribution >= 4 is 0 Å². The van der Waals surface area contributed by atoms with Crippen LogP contribution in [0.5, 0.6) is 0 Å². The molecule has 0 saturated heterocycles. The van der Waals surface area contributed by atoms with Crippen LogP contribution in [0.4, 0.5) is 0 Å². The Morgan fingerprint density at radius 2 is 1.05 bits per heavy atom. The molecule has 0 N–H and O–H groups in total. The van der Waals surface area contributed by atoms with Gasteiger partial charge in [0.2, 0.25) is 0 Å². The molecule has 0 bridgehead atoms. The molecule has 0 atom stereocenters. The smallest absolute Gasteiger partial charge is 1.00 e. The topological polar surface area (TPSA) is 0 Å². The van der Waals surface area contributed by atoms with Gasteiger partial charge in [0.25, 0.3) is 0 Å². The Morgan fingerprint density at radius 3 is 1.19 bits per heavy atom. The van der Waals surface area contributed by atoms with Crippen molar-refractivity contribution in [2.24, 2.45) is 0 Å². The van der Waals surface area contributed by atoms with Crippen molar-refractivity contribution in [3.8, 4) is 0 Å². The summed E-state index contributed by atoms with van der Waals surface area (Å²) in [4.78, 5) is 0. The van der Waals surface area contributed by atoms with Crippen LogP contribution in [0.2, 0.25) is 0 Å². The average molecular weight is 361 g/mol.